The molecule has 0 aromatic heterocycles. The lowest BCUT2D eigenvalue weighted by molar-refractivity contribution is -0.140. The van der Waals surface area contributed by atoms with E-state index in [9.17, 15) is 18.0 Å². The van der Waals surface area contributed by atoms with Gasteiger partial charge in [-0.3, -0.25) is 13.9 Å². The Hall–Kier alpha value is -4.05. The molecular weight excluding hydrogens is 542 g/mol. The molecule has 0 aliphatic heterocycles. The average Bonchev–Trinajstić information content (AvgIpc) is 2.94. The van der Waals surface area contributed by atoms with Gasteiger partial charge in [0.2, 0.25) is 11.8 Å². The van der Waals surface area contributed by atoms with Crippen molar-refractivity contribution in [3.63, 3.8) is 0 Å². The minimum atomic E-state index is -4.16. The van der Waals surface area contributed by atoms with Gasteiger partial charge in [-0.05, 0) is 88.7 Å². The number of hydrogen-bond donors (Lipinski definition) is 1. The van der Waals surface area contributed by atoms with Gasteiger partial charge in [0.15, 0.2) is 0 Å². The molecular formula is C31H39N3O6S. The number of para-hydroxylation sites is 1. The van der Waals surface area contributed by atoms with Gasteiger partial charge in [-0.1, -0.05) is 30.3 Å². The third-order valence-electron chi connectivity index (χ3n) is 6.22. The molecule has 220 valence electrons. The Bertz CT molecular complexity index is 1400. The van der Waals surface area contributed by atoms with Gasteiger partial charge in [-0.25, -0.2) is 8.42 Å². The fourth-order valence-corrected chi connectivity index (χ4v) is 5.52. The number of sulfonamides is 1. The predicted octanol–water partition coefficient (Wildman–Crippen LogP) is 4.62. The summed E-state index contributed by atoms with van der Waals surface area (Å²) < 4.78 is 39.6. The second-order valence-corrected chi connectivity index (χ2v) is 12.4. The Morgan fingerprint density at radius 2 is 1.49 bits per heavy atom. The topological polar surface area (TPSA) is 105 Å². The molecule has 0 spiro atoms. The number of nitrogens with zero attached hydrogens (tertiary/aromatic N) is 2. The first-order chi connectivity index (χ1) is 19.4. The van der Waals surface area contributed by atoms with Crippen molar-refractivity contribution in [3.05, 3.63) is 84.4 Å². The van der Waals surface area contributed by atoms with Gasteiger partial charge < -0.3 is 19.7 Å². The third-order valence-corrected chi connectivity index (χ3v) is 8.01. The minimum Gasteiger partial charge on any atom is -0.497 e. The van der Waals surface area contributed by atoms with Gasteiger partial charge in [-0.2, -0.15) is 0 Å². The van der Waals surface area contributed by atoms with Crippen molar-refractivity contribution < 1.29 is 27.5 Å². The van der Waals surface area contributed by atoms with Crippen molar-refractivity contribution in [2.45, 2.75) is 57.6 Å². The molecule has 2 amide bonds. The summed E-state index contributed by atoms with van der Waals surface area (Å²) in [4.78, 5) is 28.6. The van der Waals surface area contributed by atoms with E-state index in [1.165, 1.54) is 17.0 Å². The van der Waals surface area contributed by atoms with Crippen molar-refractivity contribution in [1.82, 2.24) is 10.2 Å². The third kappa shape index (κ3) is 8.47. The van der Waals surface area contributed by atoms with Crippen LogP contribution in [0.4, 0.5) is 5.69 Å². The van der Waals surface area contributed by atoms with Crippen LogP contribution in [-0.4, -0.2) is 57.0 Å². The van der Waals surface area contributed by atoms with Crippen LogP contribution in [0.25, 0.3) is 0 Å². The molecule has 41 heavy (non-hydrogen) atoms. The van der Waals surface area contributed by atoms with Gasteiger partial charge in [0.1, 0.15) is 24.1 Å². The summed E-state index contributed by atoms with van der Waals surface area (Å²) in [5.41, 5.74) is 0.564. The minimum absolute atomic E-state index is 0.0119. The van der Waals surface area contributed by atoms with E-state index in [2.05, 4.69) is 5.32 Å². The summed E-state index contributed by atoms with van der Waals surface area (Å²) in [7, 11) is -2.60. The van der Waals surface area contributed by atoms with Gasteiger partial charge in [0.05, 0.1) is 24.3 Å². The Morgan fingerprint density at radius 3 is 2.02 bits per heavy atom. The Kier molecular flexibility index (Phi) is 10.4. The van der Waals surface area contributed by atoms with E-state index in [4.69, 9.17) is 9.47 Å². The quantitative estimate of drug-likeness (QED) is 0.335. The number of amides is 2. The summed E-state index contributed by atoms with van der Waals surface area (Å²) in [6.07, 6.45) is 0. The first-order valence-corrected chi connectivity index (χ1v) is 14.8. The summed E-state index contributed by atoms with van der Waals surface area (Å²) in [6.45, 7) is 9.07. The highest BCUT2D eigenvalue weighted by Crippen LogP contribution is 2.26. The zero-order valence-electron chi connectivity index (χ0n) is 24.5. The lowest BCUT2D eigenvalue weighted by Gasteiger charge is -2.33. The first-order valence-electron chi connectivity index (χ1n) is 13.4. The zero-order chi connectivity index (χ0) is 30.2. The van der Waals surface area contributed by atoms with Crippen LogP contribution in [0.5, 0.6) is 11.5 Å². The summed E-state index contributed by atoms with van der Waals surface area (Å²) in [6, 6.07) is 20.8. The number of rotatable bonds is 12. The normalized spacial score (nSPS) is 12.2. The highest BCUT2D eigenvalue weighted by Gasteiger charge is 2.33. The van der Waals surface area contributed by atoms with E-state index < -0.39 is 34.1 Å². The molecule has 0 bridgehead atoms. The number of anilines is 1. The second-order valence-electron chi connectivity index (χ2n) is 10.5. The van der Waals surface area contributed by atoms with Crippen molar-refractivity contribution in [3.8, 4) is 11.5 Å². The van der Waals surface area contributed by atoms with E-state index in [-0.39, 0.29) is 17.3 Å². The van der Waals surface area contributed by atoms with Gasteiger partial charge in [0, 0.05) is 12.1 Å². The fourth-order valence-electron chi connectivity index (χ4n) is 4.11. The van der Waals surface area contributed by atoms with E-state index in [0.717, 1.165) is 9.87 Å². The van der Waals surface area contributed by atoms with Gasteiger partial charge in [0.25, 0.3) is 10.0 Å². The number of methoxy groups -OCH3 is 1. The Morgan fingerprint density at radius 1 is 0.902 bits per heavy atom. The van der Waals surface area contributed by atoms with Crippen molar-refractivity contribution in [1.29, 1.82) is 0 Å². The smallest absolute Gasteiger partial charge is 0.264 e. The zero-order valence-corrected chi connectivity index (χ0v) is 25.3. The average molecular weight is 582 g/mol. The van der Waals surface area contributed by atoms with Crippen molar-refractivity contribution in [2.24, 2.45) is 0 Å². The van der Waals surface area contributed by atoms with Crippen LogP contribution >= 0.6 is 0 Å². The molecule has 0 saturated heterocycles. The fraction of sp³-hybridized carbons (Fsp3) is 0.355. The largest absolute Gasteiger partial charge is 0.497 e. The molecule has 1 N–H and O–H groups in total. The predicted molar refractivity (Wildman–Crippen MR) is 159 cm³/mol. The van der Waals surface area contributed by atoms with Crippen LogP contribution < -0.4 is 19.1 Å². The van der Waals surface area contributed by atoms with Crippen molar-refractivity contribution >= 4 is 27.5 Å². The van der Waals surface area contributed by atoms with Crippen LogP contribution in [-0.2, 0) is 26.2 Å². The molecule has 0 heterocycles. The number of hydrogen-bond acceptors (Lipinski definition) is 6. The number of carbonyl (C=O) groups is 2. The standard InChI is InChI=1S/C31H39N3O6S/c1-7-40-27-17-19-28(20-18-27)41(37,38)34(25-11-9-8-10-12-25)22-29(35)33(23(2)30(36)32-31(3,4)5)21-24-13-15-26(39-6)16-14-24/h8-20,23H,7,21-22H2,1-6H3,(H,32,36)/t23-/m1/s1. The molecule has 0 saturated carbocycles. The molecule has 1 atom stereocenters. The molecule has 9 nitrogen and oxygen atoms in total. The molecule has 3 aromatic carbocycles. The summed E-state index contributed by atoms with van der Waals surface area (Å²) in [5, 5.41) is 2.92. The van der Waals surface area contributed by atoms with Crippen LogP contribution in [0, 0.1) is 0 Å². The van der Waals surface area contributed by atoms with Crippen LogP contribution in [0.15, 0.2) is 83.8 Å². The van der Waals surface area contributed by atoms with Crippen LogP contribution in [0.3, 0.4) is 0 Å². The maximum atomic E-state index is 14.0. The van der Waals surface area contributed by atoms with Crippen LogP contribution in [0.1, 0.15) is 40.2 Å². The van der Waals surface area contributed by atoms with Crippen molar-refractivity contribution in [2.75, 3.05) is 24.6 Å². The maximum Gasteiger partial charge on any atom is 0.264 e. The Labute approximate surface area is 243 Å². The molecule has 0 aliphatic carbocycles. The number of carbonyl (C=O) groups excluding carboxylic acids is 2. The molecule has 0 fully saturated rings. The SMILES string of the molecule is CCOc1ccc(S(=O)(=O)N(CC(=O)N(Cc2ccc(OC)cc2)[C@H](C)C(=O)NC(C)(C)C)c2ccccc2)cc1. The lowest BCUT2D eigenvalue weighted by Crippen LogP contribution is -2.54. The molecule has 0 aliphatic rings. The molecule has 10 heteroatoms. The van der Waals surface area contributed by atoms with Gasteiger partial charge in [-0.15, -0.1) is 0 Å². The van der Waals surface area contributed by atoms with Crippen LogP contribution in [0.2, 0.25) is 0 Å². The number of nitrogens with one attached hydrogen (secondary N) is 1. The maximum absolute atomic E-state index is 14.0. The van der Waals surface area contributed by atoms with Gasteiger partial charge >= 0.3 is 0 Å². The second kappa shape index (κ2) is 13.5. The monoisotopic (exact) mass is 581 g/mol. The lowest BCUT2D eigenvalue weighted by atomic mass is 10.1. The number of ether oxygens (including phenoxy) is 2. The summed E-state index contributed by atoms with van der Waals surface area (Å²) >= 11 is 0. The van der Waals surface area contributed by atoms with E-state index in [1.54, 1.807) is 80.8 Å². The first kappa shape index (κ1) is 31.5. The van der Waals surface area contributed by atoms with E-state index >= 15 is 0 Å². The van der Waals surface area contributed by atoms with E-state index in [1.807, 2.05) is 27.7 Å². The molecule has 0 radical (unpaired) electrons. The highest BCUT2D eigenvalue weighted by atomic mass is 32.2. The number of benzene rings is 3. The molecule has 3 rings (SSSR count). The van der Waals surface area contributed by atoms with E-state index in [0.29, 0.717) is 23.8 Å². The highest BCUT2D eigenvalue weighted by molar-refractivity contribution is 7.92. The molecule has 0 unspecified atom stereocenters. The summed E-state index contributed by atoms with van der Waals surface area (Å²) in [5.74, 6) is 0.315. The Balaban J connectivity index is 2.00. The molecule has 3 aromatic rings.